The molecule has 0 aliphatic rings. The summed E-state index contributed by atoms with van der Waals surface area (Å²) < 4.78 is 5.53. The van der Waals surface area contributed by atoms with Gasteiger partial charge in [-0.15, -0.1) is 0 Å². The van der Waals surface area contributed by atoms with Crippen LogP contribution in [0.1, 0.15) is 33.0 Å². The zero-order valence-corrected chi connectivity index (χ0v) is 9.20. The third-order valence-electron chi connectivity index (χ3n) is 2.37. The first kappa shape index (κ1) is 11.7. The number of nitrogens with one attached hydrogen (secondary N) is 1. The summed E-state index contributed by atoms with van der Waals surface area (Å²) in [6, 6.07) is 1.03. The molecule has 84 valence electrons. The minimum Gasteiger partial charge on any atom is -0.493 e. The van der Waals surface area contributed by atoms with E-state index in [1.54, 1.807) is 0 Å². The van der Waals surface area contributed by atoms with Gasteiger partial charge in [0.2, 0.25) is 5.88 Å². The first-order valence-electron chi connectivity index (χ1n) is 4.96. The fourth-order valence-electron chi connectivity index (χ4n) is 1.35. The van der Waals surface area contributed by atoms with Crippen molar-refractivity contribution in [2.24, 2.45) is 0 Å². The van der Waals surface area contributed by atoms with Gasteiger partial charge in [0, 0.05) is 6.61 Å². The standard InChI is InChI=1S/C10H16N2O3/c1-4-10(3,15-5-2)9-11-7(13)6-8(14)12-9/h6H,4-5H2,1-3H3,(H2,11,12,13,14). The molecule has 1 unspecified atom stereocenters. The molecule has 0 bridgehead atoms. The van der Waals surface area contributed by atoms with E-state index in [0.29, 0.717) is 18.9 Å². The van der Waals surface area contributed by atoms with E-state index < -0.39 is 5.60 Å². The van der Waals surface area contributed by atoms with Crippen LogP contribution < -0.4 is 5.56 Å². The first-order chi connectivity index (χ1) is 7.01. The van der Waals surface area contributed by atoms with Gasteiger partial charge in [-0.2, -0.15) is 4.98 Å². The maximum atomic E-state index is 11.2. The van der Waals surface area contributed by atoms with Crippen LogP contribution in [0.25, 0.3) is 0 Å². The summed E-state index contributed by atoms with van der Waals surface area (Å²) in [4.78, 5) is 17.6. The van der Waals surface area contributed by atoms with Gasteiger partial charge in [0.1, 0.15) is 11.4 Å². The van der Waals surface area contributed by atoms with E-state index in [1.165, 1.54) is 0 Å². The number of hydrogen-bond acceptors (Lipinski definition) is 4. The second-order valence-electron chi connectivity index (χ2n) is 3.47. The topological polar surface area (TPSA) is 75.2 Å². The van der Waals surface area contributed by atoms with Crippen LogP contribution in [0.3, 0.4) is 0 Å². The van der Waals surface area contributed by atoms with Gasteiger partial charge in [0.15, 0.2) is 0 Å². The summed E-state index contributed by atoms with van der Waals surface area (Å²) in [6.07, 6.45) is 0.660. The van der Waals surface area contributed by atoms with Gasteiger partial charge in [-0.3, -0.25) is 4.79 Å². The van der Waals surface area contributed by atoms with Crippen LogP contribution in [0.5, 0.6) is 5.88 Å². The lowest BCUT2D eigenvalue weighted by Crippen LogP contribution is -2.30. The molecule has 0 saturated heterocycles. The Morgan fingerprint density at radius 2 is 2.27 bits per heavy atom. The van der Waals surface area contributed by atoms with Crippen molar-refractivity contribution < 1.29 is 9.84 Å². The maximum Gasteiger partial charge on any atom is 0.254 e. The summed E-state index contributed by atoms with van der Waals surface area (Å²) in [6.45, 7) is 6.15. The highest BCUT2D eigenvalue weighted by Gasteiger charge is 2.28. The van der Waals surface area contributed by atoms with Gasteiger partial charge >= 0.3 is 0 Å². The predicted molar refractivity (Wildman–Crippen MR) is 55.8 cm³/mol. The Morgan fingerprint density at radius 1 is 1.60 bits per heavy atom. The molecule has 5 nitrogen and oxygen atoms in total. The number of rotatable bonds is 4. The van der Waals surface area contributed by atoms with E-state index in [9.17, 15) is 9.90 Å². The highest BCUT2D eigenvalue weighted by molar-refractivity contribution is 5.10. The predicted octanol–water partition coefficient (Wildman–Crippen LogP) is 1.14. The molecular formula is C10H16N2O3. The molecule has 1 aromatic heterocycles. The molecule has 0 aliphatic heterocycles. The molecule has 5 heteroatoms. The van der Waals surface area contributed by atoms with Gasteiger partial charge in [0.25, 0.3) is 5.56 Å². The first-order valence-corrected chi connectivity index (χ1v) is 4.96. The van der Waals surface area contributed by atoms with Crippen molar-refractivity contribution in [3.8, 4) is 5.88 Å². The van der Waals surface area contributed by atoms with E-state index >= 15 is 0 Å². The quantitative estimate of drug-likeness (QED) is 0.784. The molecular weight excluding hydrogens is 196 g/mol. The number of aromatic amines is 1. The minimum atomic E-state index is -0.660. The molecule has 1 heterocycles. The van der Waals surface area contributed by atoms with E-state index in [4.69, 9.17) is 4.74 Å². The van der Waals surface area contributed by atoms with Crippen molar-refractivity contribution in [3.63, 3.8) is 0 Å². The van der Waals surface area contributed by atoms with Gasteiger partial charge in [-0.1, -0.05) is 6.92 Å². The highest BCUT2D eigenvalue weighted by atomic mass is 16.5. The van der Waals surface area contributed by atoms with Crippen molar-refractivity contribution in [2.45, 2.75) is 32.8 Å². The fourth-order valence-corrected chi connectivity index (χ4v) is 1.35. The van der Waals surface area contributed by atoms with Gasteiger partial charge in [-0.05, 0) is 20.3 Å². The number of aromatic hydroxyl groups is 1. The monoisotopic (exact) mass is 212 g/mol. The van der Waals surface area contributed by atoms with Crippen molar-refractivity contribution >= 4 is 0 Å². The van der Waals surface area contributed by atoms with Gasteiger partial charge in [-0.25, -0.2) is 0 Å². The van der Waals surface area contributed by atoms with Crippen molar-refractivity contribution in [1.82, 2.24) is 9.97 Å². The van der Waals surface area contributed by atoms with Crippen molar-refractivity contribution in [3.05, 3.63) is 22.2 Å². The molecule has 0 fully saturated rings. The van der Waals surface area contributed by atoms with E-state index in [-0.39, 0.29) is 11.4 Å². The van der Waals surface area contributed by atoms with Crippen LogP contribution in [0, 0.1) is 0 Å². The summed E-state index contributed by atoms with van der Waals surface area (Å²) in [5, 5.41) is 9.23. The van der Waals surface area contributed by atoms with Crippen LogP contribution in [0.2, 0.25) is 0 Å². The van der Waals surface area contributed by atoms with Crippen molar-refractivity contribution in [1.29, 1.82) is 0 Å². The molecule has 1 aromatic rings. The second kappa shape index (κ2) is 4.44. The smallest absolute Gasteiger partial charge is 0.254 e. The maximum absolute atomic E-state index is 11.2. The highest BCUT2D eigenvalue weighted by Crippen LogP contribution is 2.25. The molecule has 0 aromatic carbocycles. The Morgan fingerprint density at radius 3 is 2.73 bits per heavy atom. The summed E-state index contributed by atoms with van der Waals surface area (Å²) in [5.74, 6) is 0.0741. The van der Waals surface area contributed by atoms with E-state index in [2.05, 4.69) is 9.97 Å². The zero-order valence-electron chi connectivity index (χ0n) is 9.20. The Balaban J connectivity index is 3.17. The van der Waals surface area contributed by atoms with E-state index in [0.717, 1.165) is 6.07 Å². The summed E-state index contributed by atoms with van der Waals surface area (Å²) in [5.41, 5.74) is -1.04. The lowest BCUT2D eigenvalue weighted by Gasteiger charge is -2.26. The molecule has 1 rings (SSSR count). The summed E-state index contributed by atoms with van der Waals surface area (Å²) >= 11 is 0. The molecule has 1 atom stereocenters. The Hall–Kier alpha value is -1.36. The lowest BCUT2D eigenvalue weighted by atomic mass is 10.0. The van der Waals surface area contributed by atoms with Crippen LogP contribution in [-0.4, -0.2) is 21.7 Å². The number of aromatic nitrogens is 2. The number of hydrogen-bond donors (Lipinski definition) is 2. The number of nitrogens with zero attached hydrogens (tertiary/aromatic N) is 1. The van der Waals surface area contributed by atoms with Crippen molar-refractivity contribution in [2.75, 3.05) is 6.61 Å². The molecule has 0 saturated carbocycles. The van der Waals surface area contributed by atoms with Crippen LogP contribution >= 0.6 is 0 Å². The lowest BCUT2D eigenvalue weighted by molar-refractivity contribution is -0.0395. The molecule has 2 N–H and O–H groups in total. The molecule has 0 aliphatic carbocycles. The summed E-state index contributed by atoms with van der Waals surface area (Å²) in [7, 11) is 0. The van der Waals surface area contributed by atoms with Crippen LogP contribution in [0.4, 0.5) is 0 Å². The largest absolute Gasteiger partial charge is 0.493 e. The third kappa shape index (κ3) is 2.56. The second-order valence-corrected chi connectivity index (χ2v) is 3.47. The average Bonchev–Trinajstić information content (AvgIpc) is 2.16. The molecule has 0 spiro atoms. The van der Waals surface area contributed by atoms with E-state index in [1.807, 2.05) is 20.8 Å². The molecule has 0 amide bonds. The zero-order chi connectivity index (χ0) is 11.5. The molecule has 15 heavy (non-hydrogen) atoms. The average molecular weight is 212 g/mol. The normalized spacial score (nSPS) is 14.9. The number of ether oxygens (including phenoxy) is 1. The number of H-pyrrole nitrogens is 1. The Labute approximate surface area is 88.1 Å². The van der Waals surface area contributed by atoms with Crippen LogP contribution in [0.15, 0.2) is 10.9 Å². The Kier molecular flexibility index (Phi) is 3.47. The SMILES string of the molecule is CCOC(C)(CC)c1nc(O)cc(=O)[nH]1. The molecule has 0 radical (unpaired) electrons. The van der Waals surface area contributed by atoms with Gasteiger partial charge in [0.05, 0.1) is 6.07 Å². The van der Waals surface area contributed by atoms with Gasteiger partial charge < -0.3 is 14.8 Å². The minimum absolute atomic E-state index is 0.284. The van der Waals surface area contributed by atoms with Crippen LogP contribution in [-0.2, 0) is 10.3 Å². The Bertz CT molecular complexity index is 388. The fraction of sp³-hybridized carbons (Fsp3) is 0.600. The third-order valence-corrected chi connectivity index (χ3v) is 2.37.